The molecule has 2 aromatic rings. The van der Waals surface area contributed by atoms with Crippen LogP contribution in [0, 0.1) is 5.82 Å². The monoisotopic (exact) mass is 293 g/mol. The maximum absolute atomic E-state index is 13.7. The number of hydroxylamine groups is 2. The van der Waals surface area contributed by atoms with Crippen molar-refractivity contribution < 1.29 is 23.5 Å². The largest absolute Gasteiger partial charge is 0.525 e. The maximum atomic E-state index is 13.7. The lowest BCUT2D eigenvalue weighted by Crippen LogP contribution is -2.26. The number of benzene rings is 1. The van der Waals surface area contributed by atoms with Crippen LogP contribution < -0.4 is 0 Å². The lowest BCUT2D eigenvalue weighted by atomic mass is 10.2. The Labute approximate surface area is 118 Å². The molecule has 1 unspecified atom stereocenters. The number of carbonyl (C=O) groups is 1. The molecule has 21 heavy (non-hydrogen) atoms. The fourth-order valence-corrected chi connectivity index (χ4v) is 2.31. The predicted molar refractivity (Wildman–Crippen MR) is 67.5 cm³/mol. The van der Waals surface area contributed by atoms with E-state index < -0.39 is 18.0 Å². The second-order valence-corrected chi connectivity index (χ2v) is 4.58. The first kappa shape index (κ1) is 13.5. The summed E-state index contributed by atoms with van der Waals surface area (Å²) in [6.45, 7) is 0.453. The van der Waals surface area contributed by atoms with Crippen molar-refractivity contribution >= 4 is 6.16 Å². The summed E-state index contributed by atoms with van der Waals surface area (Å²) in [7, 11) is 0. The van der Waals surface area contributed by atoms with Gasteiger partial charge in [-0.15, -0.1) is 15.3 Å². The highest BCUT2D eigenvalue weighted by atomic mass is 19.1. The van der Waals surface area contributed by atoms with Crippen molar-refractivity contribution in [2.24, 2.45) is 0 Å². The van der Waals surface area contributed by atoms with Crippen molar-refractivity contribution in [1.29, 1.82) is 0 Å². The molecule has 0 aliphatic carbocycles. The second-order valence-electron chi connectivity index (χ2n) is 4.58. The molecule has 3 rings (SSSR count). The van der Waals surface area contributed by atoms with Crippen LogP contribution in [0.25, 0.3) is 11.5 Å². The Bertz CT molecular complexity index is 660. The van der Waals surface area contributed by atoms with Crippen molar-refractivity contribution in [2.75, 3.05) is 6.54 Å². The average molecular weight is 293 g/mol. The van der Waals surface area contributed by atoms with Crippen molar-refractivity contribution in [3.8, 4) is 11.5 Å². The number of aromatic nitrogens is 2. The van der Waals surface area contributed by atoms with Crippen LogP contribution in [-0.2, 0) is 4.84 Å². The van der Waals surface area contributed by atoms with Crippen molar-refractivity contribution in [2.45, 2.75) is 18.9 Å². The molecule has 1 fully saturated rings. The van der Waals surface area contributed by atoms with Gasteiger partial charge in [0.25, 0.3) is 5.89 Å². The fourth-order valence-electron chi connectivity index (χ4n) is 2.31. The first-order valence-electron chi connectivity index (χ1n) is 6.41. The van der Waals surface area contributed by atoms with Gasteiger partial charge < -0.3 is 14.4 Å². The molecule has 0 radical (unpaired) electrons. The highest BCUT2D eigenvalue weighted by Gasteiger charge is 2.33. The Morgan fingerprint density at radius 1 is 1.43 bits per heavy atom. The topological polar surface area (TPSA) is 88.7 Å². The lowest BCUT2D eigenvalue weighted by molar-refractivity contribution is -0.134. The van der Waals surface area contributed by atoms with E-state index in [1.165, 1.54) is 17.2 Å². The van der Waals surface area contributed by atoms with Gasteiger partial charge in [0.1, 0.15) is 11.9 Å². The molecule has 1 N–H and O–H groups in total. The summed E-state index contributed by atoms with van der Waals surface area (Å²) in [6, 6.07) is 5.63. The molecule has 110 valence electrons. The van der Waals surface area contributed by atoms with E-state index >= 15 is 0 Å². The minimum absolute atomic E-state index is 0.0604. The smallest absolute Gasteiger partial charge is 0.448 e. The van der Waals surface area contributed by atoms with Gasteiger partial charge in [-0.3, -0.25) is 0 Å². The Hall–Kier alpha value is -2.48. The van der Waals surface area contributed by atoms with Gasteiger partial charge in [-0.25, -0.2) is 9.18 Å². The minimum atomic E-state index is -1.39. The van der Waals surface area contributed by atoms with E-state index in [1.807, 2.05) is 0 Å². The van der Waals surface area contributed by atoms with Crippen molar-refractivity contribution in [1.82, 2.24) is 15.3 Å². The molecule has 0 bridgehead atoms. The minimum Gasteiger partial charge on any atom is -0.448 e. The van der Waals surface area contributed by atoms with Crippen LogP contribution in [0.2, 0.25) is 0 Å². The van der Waals surface area contributed by atoms with Gasteiger partial charge in [0.05, 0.1) is 5.56 Å². The predicted octanol–water partition coefficient (Wildman–Crippen LogP) is 2.62. The van der Waals surface area contributed by atoms with Gasteiger partial charge in [-0.2, -0.15) is 0 Å². The zero-order valence-electron chi connectivity index (χ0n) is 10.9. The first-order chi connectivity index (χ1) is 10.1. The SMILES string of the molecule is O=C(O)ON1CCCC1c1nnc(-c2ccccc2F)o1. The molecule has 0 amide bonds. The summed E-state index contributed by atoms with van der Waals surface area (Å²) in [5.74, 6) is -0.185. The van der Waals surface area contributed by atoms with E-state index in [4.69, 9.17) is 9.52 Å². The van der Waals surface area contributed by atoms with Crippen LogP contribution >= 0.6 is 0 Å². The molecule has 0 spiro atoms. The van der Waals surface area contributed by atoms with Crippen molar-refractivity contribution in [3.05, 3.63) is 36.0 Å². The molecule has 8 heteroatoms. The molecule has 1 atom stereocenters. The second kappa shape index (κ2) is 5.49. The normalized spacial score (nSPS) is 18.8. The van der Waals surface area contributed by atoms with Gasteiger partial charge in [0.2, 0.25) is 5.89 Å². The molecule has 1 aliphatic heterocycles. The van der Waals surface area contributed by atoms with Gasteiger partial charge in [0, 0.05) is 6.54 Å². The number of hydrogen-bond acceptors (Lipinski definition) is 6. The molecular weight excluding hydrogens is 281 g/mol. The van der Waals surface area contributed by atoms with Crippen LogP contribution in [-0.4, -0.2) is 33.1 Å². The summed E-state index contributed by atoms with van der Waals surface area (Å²) < 4.78 is 19.1. The number of rotatable bonds is 3. The van der Waals surface area contributed by atoms with Crippen LogP contribution in [0.1, 0.15) is 24.8 Å². The molecule has 0 saturated carbocycles. The van der Waals surface area contributed by atoms with Crippen molar-refractivity contribution in [3.63, 3.8) is 0 Å². The van der Waals surface area contributed by atoms with Gasteiger partial charge in [-0.1, -0.05) is 12.1 Å². The quantitative estimate of drug-likeness (QED) is 0.930. The summed E-state index contributed by atoms with van der Waals surface area (Å²) in [6.07, 6.45) is -0.0163. The summed E-state index contributed by atoms with van der Waals surface area (Å²) in [5, 5.41) is 17.7. The zero-order chi connectivity index (χ0) is 14.8. The first-order valence-corrected chi connectivity index (χ1v) is 6.41. The third kappa shape index (κ3) is 2.70. The Morgan fingerprint density at radius 2 is 2.24 bits per heavy atom. The summed E-state index contributed by atoms with van der Waals surface area (Å²) in [4.78, 5) is 15.3. The van der Waals surface area contributed by atoms with Crippen LogP contribution in [0.5, 0.6) is 0 Å². The summed E-state index contributed by atoms with van der Waals surface area (Å²) in [5.41, 5.74) is 0.208. The number of hydrogen-bond donors (Lipinski definition) is 1. The molecule has 2 heterocycles. The molecular formula is C13H12FN3O4. The Balaban J connectivity index is 1.85. The van der Waals surface area contributed by atoms with E-state index in [1.54, 1.807) is 12.1 Å². The van der Waals surface area contributed by atoms with Crippen LogP contribution in [0.15, 0.2) is 28.7 Å². The Kier molecular flexibility index (Phi) is 3.53. The highest BCUT2D eigenvalue weighted by Crippen LogP contribution is 2.33. The maximum Gasteiger partial charge on any atom is 0.525 e. The van der Waals surface area contributed by atoms with Crippen LogP contribution in [0.4, 0.5) is 9.18 Å². The molecule has 7 nitrogen and oxygen atoms in total. The highest BCUT2D eigenvalue weighted by molar-refractivity contribution is 5.56. The third-order valence-electron chi connectivity index (χ3n) is 3.23. The van der Waals surface area contributed by atoms with E-state index in [2.05, 4.69) is 15.0 Å². The molecule has 1 aromatic carbocycles. The van der Waals surface area contributed by atoms with E-state index in [0.29, 0.717) is 13.0 Å². The van der Waals surface area contributed by atoms with Gasteiger partial charge in [0.15, 0.2) is 0 Å². The van der Waals surface area contributed by atoms with E-state index in [9.17, 15) is 9.18 Å². The number of halogens is 1. The average Bonchev–Trinajstić information content (AvgIpc) is 3.07. The van der Waals surface area contributed by atoms with Crippen LogP contribution in [0.3, 0.4) is 0 Å². The fraction of sp³-hybridized carbons (Fsp3) is 0.308. The summed E-state index contributed by atoms with van der Waals surface area (Å²) >= 11 is 0. The standard InChI is InChI=1S/C13H12FN3O4/c14-9-5-2-1-4-8(9)11-15-16-12(20-11)10-6-3-7-17(10)21-13(18)19/h1-2,4-5,10H,3,6-7H2,(H,18,19). The van der Waals surface area contributed by atoms with E-state index in [0.717, 1.165) is 6.42 Å². The van der Waals surface area contributed by atoms with Gasteiger partial charge >= 0.3 is 6.16 Å². The third-order valence-corrected chi connectivity index (χ3v) is 3.23. The zero-order valence-corrected chi connectivity index (χ0v) is 10.9. The number of carboxylic acid groups (broad SMARTS) is 1. The molecule has 1 aliphatic rings. The van der Waals surface area contributed by atoms with E-state index in [-0.39, 0.29) is 17.3 Å². The lowest BCUT2D eigenvalue weighted by Gasteiger charge is -2.17. The molecule has 1 saturated heterocycles. The Morgan fingerprint density at radius 3 is 3.00 bits per heavy atom. The van der Waals surface area contributed by atoms with Gasteiger partial charge in [-0.05, 0) is 25.0 Å². The number of nitrogens with zero attached hydrogens (tertiary/aromatic N) is 3. The molecule has 1 aromatic heterocycles.